The molecule has 0 radical (unpaired) electrons. The van der Waals surface area contributed by atoms with Gasteiger partial charge in [0.25, 0.3) is 0 Å². The predicted octanol–water partition coefficient (Wildman–Crippen LogP) is 6.36. The van der Waals surface area contributed by atoms with Gasteiger partial charge in [0.1, 0.15) is 11.5 Å². The molecule has 28 heavy (non-hydrogen) atoms. The van der Waals surface area contributed by atoms with Gasteiger partial charge in [-0.05, 0) is 49.7 Å². The van der Waals surface area contributed by atoms with Crippen LogP contribution in [0.1, 0.15) is 0 Å². The summed E-state index contributed by atoms with van der Waals surface area (Å²) in [5, 5.41) is 5.31. The summed E-state index contributed by atoms with van der Waals surface area (Å²) in [7, 11) is -6.55. The first kappa shape index (κ1) is 23.4. The molecule has 0 aliphatic carbocycles. The molecule has 0 fully saturated rings. The number of benzene rings is 2. The van der Waals surface area contributed by atoms with Gasteiger partial charge in [-0.2, -0.15) is 0 Å². The minimum absolute atomic E-state index is 1.12. The van der Waals surface area contributed by atoms with Crippen molar-refractivity contribution in [3.05, 3.63) is 24.3 Å². The molecule has 0 saturated carbocycles. The summed E-state index contributed by atoms with van der Waals surface area (Å²) in [5.41, 5.74) is 0. The van der Waals surface area contributed by atoms with Gasteiger partial charge < -0.3 is 8.85 Å². The molecular formula is C22H40O2Si4. The Balaban J connectivity index is 2.93. The third-order valence-corrected chi connectivity index (χ3v) is 10.2. The highest BCUT2D eigenvalue weighted by Gasteiger charge is 2.31. The Kier molecular flexibility index (Phi) is 6.24. The zero-order valence-corrected chi connectivity index (χ0v) is 24.1. The van der Waals surface area contributed by atoms with Crippen molar-refractivity contribution in [3.8, 4) is 11.5 Å². The highest BCUT2D eigenvalue weighted by Crippen LogP contribution is 2.35. The normalized spacial score (nSPS) is 13.7. The third kappa shape index (κ3) is 5.61. The number of rotatable bonds is 6. The van der Waals surface area contributed by atoms with Crippen LogP contribution in [0.15, 0.2) is 24.3 Å². The average molecular weight is 449 g/mol. The Hall–Kier alpha value is -0.832. The molecule has 156 valence electrons. The number of fused-ring (bicyclic) bond motifs is 1. The van der Waals surface area contributed by atoms with Gasteiger partial charge in [-0.15, -0.1) is 0 Å². The lowest BCUT2D eigenvalue weighted by Crippen LogP contribution is -2.43. The van der Waals surface area contributed by atoms with Crippen LogP contribution >= 0.6 is 0 Å². The fourth-order valence-electron chi connectivity index (χ4n) is 3.36. The molecule has 0 aromatic heterocycles. The van der Waals surface area contributed by atoms with Gasteiger partial charge in [0.15, 0.2) is 0 Å². The molecule has 6 heteroatoms. The SMILES string of the molecule is C[Si](C)(C)Oc1c([Si](C)(C)C)ccc2c(O[Si](C)(C)C)c([Si](C)(C)C)ccc12. The van der Waals surface area contributed by atoms with Crippen LogP contribution in [0.3, 0.4) is 0 Å². The lowest BCUT2D eigenvalue weighted by Gasteiger charge is -2.31. The molecule has 0 saturated heterocycles. The van der Waals surface area contributed by atoms with Crippen LogP contribution < -0.4 is 19.2 Å². The molecule has 0 amide bonds. The van der Waals surface area contributed by atoms with Gasteiger partial charge >= 0.3 is 0 Å². The maximum absolute atomic E-state index is 6.72. The maximum atomic E-state index is 6.72. The number of hydrogen-bond acceptors (Lipinski definition) is 2. The van der Waals surface area contributed by atoms with Gasteiger partial charge in [0.2, 0.25) is 16.6 Å². The molecule has 0 aliphatic heterocycles. The summed E-state index contributed by atoms with van der Waals surface area (Å²) < 4.78 is 13.4. The van der Waals surface area contributed by atoms with Crippen molar-refractivity contribution in [1.29, 1.82) is 0 Å². The van der Waals surface area contributed by atoms with Crippen molar-refractivity contribution in [3.63, 3.8) is 0 Å². The van der Waals surface area contributed by atoms with E-state index in [2.05, 4.69) is 103 Å². The second-order valence-corrected chi connectivity index (χ2v) is 30.8. The molecule has 0 heterocycles. The van der Waals surface area contributed by atoms with Gasteiger partial charge in [-0.25, -0.2) is 0 Å². The molecule has 0 unspecified atom stereocenters. The van der Waals surface area contributed by atoms with Crippen LogP contribution in [0, 0.1) is 0 Å². The van der Waals surface area contributed by atoms with Crippen molar-refractivity contribution in [2.24, 2.45) is 0 Å². The summed E-state index contributed by atoms with van der Waals surface area (Å²) in [6, 6.07) is 9.27. The average Bonchev–Trinajstić information content (AvgIpc) is 2.42. The molecule has 2 nitrogen and oxygen atoms in total. The fourth-order valence-corrected chi connectivity index (χ4v) is 8.13. The first-order chi connectivity index (χ1) is 12.4. The van der Waals surface area contributed by atoms with Crippen LogP contribution in [0.4, 0.5) is 0 Å². The maximum Gasteiger partial charge on any atom is 0.242 e. The summed E-state index contributed by atoms with van der Waals surface area (Å²) in [5.74, 6) is 2.25. The largest absolute Gasteiger partial charge is 0.544 e. The van der Waals surface area contributed by atoms with E-state index >= 15 is 0 Å². The molecule has 2 rings (SSSR count). The molecule has 2 aromatic rings. The standard InChI is InChI=1S/C22H40O2Si4/c1-25(2,3)19-15-13-18-17(21(19)23-27(7,8)9)14-16-20(26(4,5)6)22(18)24-28(10,11)12/h13-16H,1-12H3. The topological polar surface area (TPSA) is 18.5 Å². The zero-order valence-electron chi connectivity index (χ0n) is 20.1. The molecule has 0 aliphatic rings. The van der Waals surface area contributed by atoms with E-state index in [1.807, 2.05) is 0 Å². The summed E-state index contributed by atoms with van der Waals surface area (Å²) in [4.78, 5) is 0. The Morgan fingerprint density at radius 1 is 0.464 bits per heavy atom. The van der Waals surface area contributed by atoms with Crippen molar-refractivity contribution < 1.29 is 8.85 Å². The van der Waals surface area contributed by atoms with Crippen molar-refractivity contribution >= 4 is 53.9 Å². The van der Waals surface area contributed by atoms with Crippen LogP contribution in [0.5, 0.6) is 11.5 Å². The second kappa shape index (κ2) is 7.45. The van der Waals surface area contributed by atoms with Crippen molar-refractivity contribution in [2.75, 3.05) is 0 Å². The van der Waals surface area contributed by atoms with Crippen molar-refractivity contribution in [2.45, 2.75) is 78.6 Å². The van der Waals surface area contributed by atoms with E-state index in [1.165, 1.54) is 21.1 Å². The molecule has 0 bridgehead atoms. The van der Waals surface area contributed by atoms with Gasteiger partial charge in [0.05, 0.1) is 16.1 Å². The summed E-state index contributed by atoms with van der Waals surface area (Å²) >= 11 is 0. The van der Waals surface area contributed by atoms with E-state index in [4.69, 9.17) is 8.85 Å². The van der Waals surface area contributed by atoms with E-state index in [1.54, 1.807) is 0 Å². The quantitative estimate of drug-likeness (QED) is 0.479. The van der Waals surface area contributed by atoms with Crippen LogP contribution in [0.25, 0.3) is 10.8 Å². The van der Waals surface area contributed by atoms with Crippen LogP contribution in [-0.2, 0) is 0 Å². The Bertz CT molecular complexity index is 790. The Labute approximate surface area is 176 Å². The number of hydrogen-bond donors (Lipinski definition) is 0. The van der Waals surface area contributed by atoms with Crippen molar-refractivity contribution in [1.82, 2.24) is 0 Å². The first-order valence-corrected chi connectivity index (χ1v) is 24.2. The zero-order chi connectivity index (χ0) is 21.7. The van der Waals surface area contributed by atoms with E-state index in [0.717, 1.165) is 11.5 Å². The Morgan fingerprint density at radius 3 is 0.964 bits per heavy atom. The minimum Gasteiger partial charge on any atom is -0.544 e. The molecule has 0 atom stereocenters. The lowest BCUT2D eigenvalue weighted by atomic mass is 10.1. The van der Waals surface area contributed by atoms with Crippen LogP contribution in [-0.4, -0.2) is 32.8 Å². The molecular weight excluding hydrogens is 409 g/mol. The molecule has 0 spiro atoms. The van der Waals surface area contributed by atoms with Crippen LogP contribution in [0.2, 0.25) is 78.6 Å². The van der Waals surface area contributed by atoms with Gasteiger partial charge in [0, 0.05) is 10.8 Å². The van der Waals surface area contributed by atoms with Gasteiger partial charge in [-0.3, -0.25) is 0 Å². The van der Waals surface area contributed by atoms with E-state index in [0.29, 0.717) is 0 Å². The van der Waals surface area contributed by atoms with Gasteiger partial charge in [-0.1, -0.05) is 63.5 Å². The summed E-state index contributed by atoms with van der Waals surface area (Å²) in [6.45, 7) is 28.1. The predicted molar refractivity (Wildman–Crippen MR) is 138 cm³/mol. The smallest absolute Gasteiger partial charge is 0.242 e. The Morgan fingerprint density at radius 2 is 0.750 bits per heavy atom. The second-order valence-electron chi connectivity index (χ2n) is 11.9. The first-order valence-electron chi connectivity index (χ1n) is 10.4. The molecule has 2 aromatic carbocycles. The lowest BCUT2D eigenvalue weighted by molar-refractivity contribution is 0.562. The van der Waals surface area contributed by atoms with E-state index in [9.17, 15) is 0 Å². The highest BCUT2D eigenvalue weighted by atomic mass is 28.4. The highest BCUT2D eigenvalue weighted by molar-refractivity contribution is 6.90. The monoisotopic (exact) mass is 448 g/mol. The van der Waals surface area contributed by atoms with E-state index in [-0.39, 0.29) is 0 Å². The minimum atomic E-state index is -1.74. The van der Waals surface area contributed by atoms with E-state index < -0.39 is 32.8 Å². The third-order valence-electron chi connectivity index (χ3n) is 4.53. The summed E-state index contributed by atoms with van der Waals surface area (Å²) in [6.07, 6.45) is 0. The molecule has 0 N–H and O–H groups in total. The fraction of sp³-hybridized carbons (Fsp3) is 0.545.